The summed E-state index contributed by atoms with van der Waals surface area (Å²) in [7, 11) is 5.70. The highest BCUT2D eigenvalue weighted by molar-refractivity contribution is 9.10. The van der Waals surface area contributed by atoms with E-state index in [0.29, 0.717) is 39.8 Å². The number of nitrogens with two attached hydrogens (primary N) is 1. The number of halogens is 1. The summed E-state index contributed by atoms with van der Waals surface area (Å²) in [5.41, 5.74) is 7.03. The Morgan fingerprint density at radius 1 is 1.28 bits per heavy atom. The van der Waals surface area contributed by atoms with Crippen LogP contribution in [-0.2, 0) is 0 Å². The third kappa shape index (κ3) is 3.67. The molecule has 0 aliphatic rings. The van der Waals surface area contributed by atoms with Gasteiger partial charge in [-0.05, 0) is 54.3 Å². The van der Waals surface area contributed by atoms with Gasteiger partial charge in [-0.1, -0.05) is 0 Å². The van der Waals surface area contributed by atoms with Crippen LogP contribution in [0, 0.1) is 0 Å². The smallest absolute Gasteiger partial charge is 0.253 e. The molecule has 8 nitrogen and oxygen atoms in total. The van der Waals surface area contributed by atoms with Gasteiger partial charge in [0.15, 0.2) is 16.1 Å². The topological polar surface area (TPSA) is 92.9 Å². The Bertz CT molecular complexity index is 917. The molecular weight excluding hydrogens is 388 g/mol. The lowest BCUT2D eigenvalue weighted by atomic mass is 10.2. The number of hydrogen-bond acceptors (Lipinski definition) is 6. The highest BCUT2D eigenvalue weighted by atomic mass is 79.9. The van der Waals surface area contributed by atoms with Crippen molar-refractivity contribution in [2.45, 2.75) is 0 Å². The second kappa shape index (κ2) is 6.85. The molecule has 0 bridgehead atoms. The van der Waals surface area contributed by atoms with Gasteiger partial charge >= 0.3 is 0 Å². The largest absolute Gasteiger partial charge is 0.446 e. The number of carbonyl (C=O) groups excluding carboxylic acids is 1. The van der Waals surface area contributed by atoms with E-state index in [0.717, 1.165) is 6.54 Å². The van der Waals surface area contributed by atoms with Crippen LogP contribution in [-0.4, -0.2) is 64.5 Å². The summed E-state index contributed by atoms with van der Waals surface area (Å²) < 4.78 is 7.55. The standard InChI is InChI=1S/C16H19BrN6O2/c1-21(2)6-7-22(3)16(24)10-8-13(18)23-14(9-10)19-15(20-23)11-4-5-12(17)25-11/h4-5,8-9H,6-7,18H2,1-3H3. The average molecular weight is 407 g/mol. The summed E-state index contributed by atoms with van der Waals surface area (Å²) in [6.07, 6.45) is 0. The van der Waals surface area contributed by atoms with Crippen LogP contribution in [0.25, 0.3) is 17.2 Å². The van der Waals surface area contributed by atoms with Crippen LogP contribution in [0.15, 0.2) is 33.4 Å². The second-order valence-corrected chi connectivity index (χ2v) is 6.79. The summed E-state index contributed by atoms with van der Waals surface area (Å²) in [5.74, 6) is 1.15. The summed E-state index contributed by atoms with van der Waals surface area (Å²) in [5, 5.41) is 4.34. The average Bonchev–Trinajstić information content (AvgIpc) is 3.17. The van der Waals surface area contributed by atoms with E-state index in [-0.39, 0.29) is 5.91 Å². The Kier molecular flexibility index (Phi) is 4.78. The first kappa shape index (κ1) is 17.4. The Labute approximate surface area is 153 Å². The third-order valence-corrected chi connectivity index (χ3v) is 4.16. The number of amides is 1. The molecule has 3 aromatic rings. The van der Waals surface area contributed by atoms with Crippen LogP contribution in [0.1, 0.15) is 10.4 Å². The quantitative estimate of drug-likeness (QED) is 0.695. The fraction of sp³-hybridized carbons (Fsp3) is 0.312. The van der Waals surface area contributed by atoms with E-state index < -0.39 is 0 Å². The first-order valence-corrected chi connectivity index (χ1v) is 8.46. The minimum atomic E-state index is -0.110. The SMILES string of the molecule is CN(C)CCN(C)C(=O)c1cc(N)n2nc(-c3ccc(Br)o3)nc2c1. The molecule has 0 fully saturated rings. The normalized spacial score (nSPS) is 11.4. The molecule has 0 radical (unpaired) electrons. The lowest BCUT2D eigenvalue weighted by Gasteiger charge is -2.19. The van der Waals surface area contributed by atoms with E-state index in [1.54, 1.807) is 36.2 Å². The Morgan fingerprint density at radius 2 is 2.04 bits per heavy atom. The van der Waals surface area contributed by atoms with E-state index in [9.17, 15) is 4.79 Å². The molecule has 0 unspecified atom stereocenters. The highest BCUT2D eigenvalue weighted by Gasteiger charge is 2.17. The monoisotopic (exact) mass is 406 g/mol. The molecule has 132 valence electrons. The van der Waals surface area contributed by atoms with Gasteiger partial charge in [-0.2, -0.15) is 4.52 Å². The Morgan fingerprint density at radius 3 is 2.68 bits per heavy atom. The van der Waals surface area contributed by atoms with Gasteiger partial charge in [-0.25, -0.2) is 4.98 Å². The molecule has 0 saturated heterocycles. The van der Waals surface area contributed by atoms with Crippen molar-refractivity contribution in [1.29, 1.82) is 0 Å². The zero-order valence-electron chi connectivity index (χ0n) is 14.2. The third-order valence-electron chi connectivity index (χ3n) is 3.73. The maximum atomic E-state index is 12.6. The van der Waals surface area contributed by atoms with Crippen molar-refractivity contribution in [2.75, 3.05) is 40.0 Å². The number of nitrogens with zero attached hydrogens (tertiary/aromatic N) is 5. The van der Waals surface area contributed by atoms with Crippen molar-refractivity contribution < 1.29 is 9.21 Å². The molecule has 9 heteroatoms. The van der Waals surface area contributed by atoms with Gasteiger partial charge in [-0.15, -0.1) is 5.10 Å². The fourth-order valence-corrected chi connectivity index (χ4v) is 2.65. The molecule has 0 aliphatic heterocycles. The molecule has 0 spiro atoms. The van der Waals surface area contributed by atoms with E-state index >= 15 is 0 Å². The lowest BCUT2D eigenvalue weighted by molar-refractivity contribution is 0.0786. The molecular formula is C16H19BrN6O2. The Hall–Kier alpha value is -2.39. The lowest BCUT2D eigenvalue weighted by Crippen LogP contribution is -2.33. The number of furan rings is 1. The molecule has 2 N–H and O–H groups in total. The number of hydrogen-bond donors (Lipinski definition) is 1. The number of anilines is 1. The number of carbonyl (C=O) groups is 1. The van der Waals surface area contributed by atoms with Crippen molar-refractivity contribution >= 4 is 33.3 Å². The number of rotatable bonds is 5. The fourth-order valence-electron chi connectivity index (χ4n) is 2.34. The van der Waals surface area contributed by atoms with Crippen molar-refractivity contribution in [2.24, 2.45) is 0 Å². The number of likely N-dealkylation sites (N-methyl/N-ethyl adjacent to an activating group) is 2. The van der Waals surface area contributed by atoms with Gasteiger partial charge in [0.25, 0.3) is 5.91 Å². The second-order valence-electron chi connectivity index (χ2n) is 6.01. The highest BCUT2D eigenvalue weighted by Crippen LogP contribution is 2.24. The molecule has 3 heterocycles. The van der Waals surface area contributed by atoms with Crippen molar-refractivity contribution in [3.8, 4) is 11.6 Å². The van der Waals surface area contributed by atoms with Gasteiger partial charge in [0.2, 0.25) is 5.82 Å². The van der Waals surface area contributed by atoms with Crippen molar-refractivity contribution in [3.05, 3.63) is 34.5 Å². The first-order valence-electron chi connectivity index (χ1n) is 7.67. The van der Waals surface area contributed by atoms with Crippen molar-refractivity contribution in [1.82, 2.24) is 24.4 Å². The van der Waals surface area contributed by atoms with Crippen molar-refractivity contribution in [3.63, 3.8) is 0 Å². The number of fused-ring (bicyclic) bond motifs is 1. The molecule has 0 aliphatic carbocycles. The molecule has 0 atom stereocenters. The minimum absolute atomic E-state index is 0.110. The molecule has 25 heavy (non-hydrogen) atoms. The summed E-state index contributed by atoms with van der Waals surface area (Å²) in [6.45, 7) is 1.40. The zero-order chi connectivity index (χ0) is 18.1. The van der Waals surface area contributed by atoms with E-state index in [1.165, 1.54) is 4.52 Å². The molecule has 3 aromatic heterocycles. The van der Waals surface area contributed by atoms with E-state index in [4.69, 9.17) is 10.2 Å². The number of pyridine rings is 1. The molecule has 0 saturated carbocycles. The van der Waals surface area contributed by atoms with Crippen LogP contribution in [0.3, 0.4) is 0 Å². The Balaban J connectivity index is 1.92. The predicted molar refractivity (Wildman–Crippen MR) is 98.3 cm³/mol. The first-order chi connectivity index (χ1) is 11.8. The zero-order valence-corrected chi connectivity index (χ0v) is 15.8. The molecule has 0 aromatic carbocycles. The summed E-state index contributed by atoms with van der Waals surface area (Å²) >= 11 is 3.25. The van der Waals surface area contributed by atoms with Crippen LogP contribution in [0.4, 0.5) is 5.82 Å². The van der Waals surface area contributed by atoms with Crippen LogP contribution in [0.5, 0.6) is 0 Å². The maximum Gasteiger partial charge on any atom is 0.253 e. The van der Waals surface area contributed by atoms with Gasteiger partial charge < -0.3 is 20.0 Å². The van der Waals surface area contributed by atoms with Gasteiger partial charge in [0.05, 0.1) is 0 Å². The minimum Gasteiger partial charge on any atom is -0.446 e. The van der Waals surface area contributed by atoms with E-state index in [2.05, 4.69) is 26.0 Å². The molecule has 1 amide bonds. The van der Waals surface area contributed by atoms with E-state index in [1.807, 2.05) is 19.0 Å². The van der Waals surface area contributed by atoms with Crippen LogP contribution < -0.4 is 5.73 Å². The summed E-state index contributed by atoms with van der Waals surface area (Å²) in [4.78, 5) is 20.7. The predicted octanol–water partition coefficient (Wildman–Crippen LogP) is 1.97. The molecule has 3 rings (SSSR count). The number of nitrogen functional groups attached to an aromatic ring is 1. The van der Waals surface area contributed by atoms with Crippen LogP contribution in [0.2, 0.25) is 0 Å². The number of aromatic nitrogens is 3. The van der Waals surface area contributed by atoms with Crippen LogP contribution >= 0.6 is 15.9 Å². The van der Waals surface area contributed by atoms with Gasteiger partial charge in [-0.3, -0.25) is 4.79 Å². The van der Waals surface area contributed by atoms with Gasteiger partial charge in [0, 0.05) is 25.7 Å². The van der Waals surface area contributed by atoms with Gasteiger partial charge in [0.1, 0.15) is 5.82 Å². The maximum absolute atomic E-state index is 12.6. The summed E-state index contributed by atoms with van der Waals surface area (Å²) in [6, 6.07) is 6.81.